The van der Waals surface area contributed by atoms with E-state index in [1.807, 2.05) is 91.9 Å². The molecule has 166 valence electrons. The average Bonchev–Trinajstić information content (AvgIpc) is 3.27. The van der Waals surface area contributed by atoms with Crippen LogP contribution in [0.3, 0.4) is 0 Å². The van der Waals surface area contributed by atoms with Gasteiger partial charge in [0.05, 0.1) is 9.80 Å². The maximum atomic E-state index is 13.9. The third-order valence-corrected chi connectivity index (χ3v) is 9.28. The van der Waals surface area contributed by atoms with Crippen LogP contribution >= 0.6 is 22.6 Å². The number of fused-ring (bicyclic) bond motifs is 1. The monoisotopic (exact) mass is 566 g/mol. The van der Waals surface area contributed by atoms with Gasteiger partial charge in [0.2, 0.25) is 9.84 Å². The van der Waals surface area contributed by atoms with Crippen LogP contribution in [-0.2, 0) is 20.2 Å². The molecule has 0 aliphatic carbocycles. The number of benzene rings is 4. The highest BCUT2D eigenvalue weighted by atomic mass is 127. The predicted molar refractivity (Wildman–Crippen MR) is 142 cm³/mol. The summed E-state index contributed by atoms with van der Waals surface area (Å²) in [4.78, 5) is 0.629. The molecular weight excluding hydrogens is 543 g/mol. The highest BCUT2D eigenvalue weighted by molar-refractivity contribution is 14.1. The third-order valence-electron chi connectivity index (χ3n) is 6.18. The van der Waals surface area contributed by atoms with Gasteiger partial charge in [-0.3, -0.25) is 0 Å². The van der Waals surface area contributed by atoms with Gasteiger partial charge in [-0.1, -0.05) is 107 Å². The number of alkyl halides is 1. The molecule has 5 rings (SSSR count). The second-order valence-corrected chi connectivity index (χ2v) is 11.1. The molecule has 0 bridgehead atoms. The Kier molecular flexibility index (Phi) is 5.79. The lowest BCUT2D eigenvalue weighted by Crippen LogP contribution is -2.28. The lowest BCUT2D eigenvalue weighted by Gasteiger charge is -2.28. The molecule has 0 saturated carbocycles. The lowest BCUT2D eigenvalue weighted by molar-refractivity contribution is 0.0861. The molecule has 0 N–H and O–H groups in total. The number of aryl methyl sites for hydroxylation is 1. The molecule has 1 unspecified atom stereocenters. The van der Waals surface area contributed by atoms with Gasteiger partial charge in [0.1, 0.15) is 11.4 Å². The third kappa shape index (κ3) is 3.97. The fourth-order valence-electron chi connectivity index (χ4n) is 4.31. The van der Waals surface area contributed by atoms with Crippen molar-refractivity contribution in [2.75, 3.05) is 4.43 Å². The topological polar surface area (TPSA) is 43.4 Å². The van der Waals surface area contributed by atoms with Gasteiger partial charge in [-0.2, -0.15) is 0 Å². The average molecular weight is 566 g/mol. The van der Waals surface area contributed by atoms with Crippen LogP contribution in [-0.4, -0.2) is 12.8 Å². The molecule has 0 radical (unpaired) electrons. The Morgan fingerprint density at radius 2 is 1.52 bits per heavy atom. The molecule has 0 aromatic heterocycles. The SMILES string of the molecule is Cc1ccc(S(=O)(=O)C2=C(c3ccc4ccccc4c3)OC(CI)(c3ccccc3)C2)cc1. The molecule has 0 fully saturated rings. The zero-order chi connectivity index (χ0) is 23.1. The van der Waals surface area contributed by atoms with Gasteiger partial charge in [0.15, 0.2) is 0 Å². The van der Waals surface area contributed by atoms with Gasteiger partial charge < -0.3 is 4.74 Å². The van der Waals surface area contributed by atoms with Crippen LogP contribution in [0.2, 0.25) is 0 Å². The van der Waals surface area contributed by atoms with Gasteiger partial charge in [-0.25, -0.2) is 8.42 Å². The van der Waals surface area contributed by atoms with Crippen molar-refractivity contribution >= 4 is 49.0 Å². The quantitative estimate of drug-likeness (QED) is 0.192. The fourth-order valence-corrected chi connectivity index (χ4v) is 6.78. The Bertz CT molecular complexity index is 1460. The van der Waals surface area contributed by atoms with E-state index in [0.717, 1.165) is 27.5 Å². The molecule has 1 aliphatic heterocycles. The number of hydrogen-bond acceptors (Lipinski definition) is 3. The zero-order valence-corrected chi connectivity index (χ0v) is 21.1. The number of sulfone groups is 1. The summed E-state index contributed by atoms with van der Waals surface area (Å²) in [5.74, 6) is 0.446. The van der Waals surface area contributed by atoms with E-state index in [-0.39, 0.29) is 0 Å². The molecule has 1 aliphatic rings. The second kappa shape index (κ2) is 8.61. The Labute approximate surface area is 208 Å². The molecule has 33 heavy (non-hydrogen) atoms. The Morgan fingerprint density at radius 1 is 0.848 bits per heavy atom. The van der Waals surface area contributed by atoms with Gasteiger partial charge in [0.25, 0.3) is 0 Å². The first-order valence-electron chi connectivity index (χ1n) is 10.8. The molecule has 5 heteroatoms. The highest BCUT2D eigenvalue weighted by Crippen LogP contribution is 2.49. The summed E-state index contributed by atoms with van der Waals surface area (Å²) in [5, 5.41) is 2.15. The Balaban J connectivity index is 1.71. The van der Waals surface area contributed by atoms with Crippen molar-refractivity contribution in [3.63, 3.8) is 0 Å². The molecule has 1 atom stereocenters. The first-order valence-corrected chi connectivity index (χ1v) is 13.8. The van der Waals surface area contributed by atoms with Crippen molar-refractivity contribution in [2.45, 2.75) is 23.8 Å². The number of ether oxygens (including phenoxy) is 1. The molecule has 0 spiro atoms. The molecule has 4 aromatic carbocycles. The van der Waals surface area contributed by atoms with Gasteiger partial charge in [-0.15, -0.1) is 0 Å². The first kappa shape index (κ1) is 22.2. The van der Waals surface area contributed by atoms with Crippen molar-refractivity contribution in [1.82, 2.24) is 0 Å². The van der Waals surface area contributed by atoms with E-state index in [9.17, 15) is 8.42 Å². The minimum atomic E-state index is -3.74. The molecule has 3 nitrogen and oxygen atoms in total. The summed E-state index contributed by atoms with van der Waals surface area (Å²) < 4.78 is 35.1. The van der Waals surface area contributed by atoms with Gasteiger partial charge >= 0.3 is 0 Å². The fraction of sp³-hybridized carbons (Fsp3) is 0.143. The molecule has 0 saturated heterocycles. The van der Waals surface area contributed by atoms with Crippen LogP contribution in [0.25, 0.3) is 16.5 Å². The van der Waals surface area contributed by atoms with E-state index >= 15 is 0 Å². The van der Waals surface area contributed by atoms with Crippen LogP contribution in [0, 0.1) is 6.92 Å². The maximum absolute atomic E-state index is 13.9. The zero-order valence-electron chi connectivity index (χ0n) is 18.2. The first-order chi connectivity index (χ1) is 15.9. The maximum Gasteiger partial charge on any atom is 0.206 e. The van der Waals surface area contributed by atoms with Crippen molar-refractivity contribution < 1.29 is 13.2 Å². The summed E-state index contributed by atoms with van der Waals surface area (Å²) in [6.45, 7) is 1.95. The van der Waals surface area contributed by atoms with E-state index < -0.39 is 15.4 Å². The van der Waals surface area contributed by atoms with Crippen LogP contribution in [0.4, 0.5) is 0 Å². The smallest absolute Gasteiger partial charge is 0.206 e. The molecule has 1 heterocycles. The predicted octanol–water partition coefficient (Wildman–Crippen LogP) is 7.04. The van der Waals surface area contributed by atoms with Crippen molar-refractivity contribution in [1.29, 1.82) is 0 Å². The highest BCUT2D eigenvalue weighted by Gasteiger charge is 2.46. The Morgan fingerprint density at radius 3 is 2.21 bits per heavy atom. The van der Waals surface area contributed by atoms with E-state index in [1.165, 1.54) is 0 Å². The van der Waals surface area contributed by atoms with E-state index in [1.54, 1.807) is 12.1 Å². The lowest BCUT2D eigenvalue weighted by atomic mass is 9.93. The normalized spacial score (nSPS) is 18.5. The summed E-state index contributed by atoms with van der Waals surface area (Å²) in [5.41, 5.74) is 2.04. The van der Waals surface area contributed by atoms with Crippen LogP contribution in [0.5, 0.6) is 0 Å². The summed E-state index contributed by atoms with van der Waals surface area (Å²) in [6, 6.07) is 31.0. The molecule has 0 amide bonds. The van der Waals surface area contributed by atoms with E-state index in [4.69, 9.17) is 4.74 Å². The largest absolute Gasteiger partial charge is 0.480 e. The van der Waals surface area contributed by atoms with E-state index in [0.29, 0.717) is 26.4 Å². The van der Waals surface area contributed by atoms with Crippen molar-refractivity contribution in [2.24, 2.45) is 0 Å². The number of rotatable bonds is 5. The summed E-state index contributed by atoms with van der Waals surface area (Å²) in [6.07, 6.45) is 0.290. The minimum Gasteiger partial charge on any atom is -0.480 e. The second-order valence-electron chi connectivity index (χ2n) is 8.40. The van der Waals surface area contributed by atoms with E-state index in [2.05, 4.69) is 22.6 Å². The summed E-state index contributed by atoms with van der Waals surface area (Å²) in [7, 11) is -3.74. The molecular formula is C28H23IO3S. The van der Waals surface area contributed by atoms with Gasteiger partial charge in [-0.05, 0) is 41.5 Å². The standard InChI is InChI=1S/C28H23IO3S/c1-20-11-15-25(16-12-20)33(30,31)26-18-28(19-29,24-9-3-2-4-10-24)32-27(26)23-14-13-21-7-5-6-8-22(21)17-23/h2-17H,18-19H2,1H3. The summed E-state index contributed by atoms with van der Waals surface area (Å²) >= 11 is 2.30. The Hall–Kier alpha value is -2.64. The number of hydrogen-bond donors (Lipinski definition) is 0. The number of halogens is 1. The van der Waals surface area contributed by atoms with Crippen LogP contribution < -0.4 is 0 Å². The van der Waals surface area contributed by atoms with Crippen molar-refractivity contribution in [3.05, 3.63) is 119 Å². The van der Waals surface area contributed by atoms with Crippen LogP contribution in [0.15, 0.2) is 107 Å². The van der Waals surface area contributed by atoms with Gasteiger partial charge in [0, 0.05) is 16.4 Å². The van der Waals surface area contributed by atoms with Crippen molar-refractivity contribution in [3.8, 4) is 0 Å². The van der Waals surface area contributed by atoms with Crippen LogP contribution in [0.1, 0.15) is 23.1 Å². The minimum absolute atomic E-state index is 0.290. The molecule has 4 aromatic rings.